The summed E-state index contributed by atoms with van der Waals surface area (Å²) in [5.74, 6) is -0.0936. The van der Waals surface area contributed by atoms with Crippen LogP contribution in [0.15, 0.2) is 65.6 Å². The Morgan fingerprint density at radius 3 is 2.00 bits per heavy atom. The molecule has 2 aromatic carbocycles. The van der Waals surface area contributed by atoms with Gasteiger partial charge in [0, 0.05) is 26.2 Å². The Kier molecular flexibility index (Phi) is 5.74. The van der Waals surface area contributed by atoms with Gasteiger partial charge in [0.25, 0.3) is 0 Å². The third kappa shape index (κ3) is 3.81. The molecule has 0 unspecified atom stereocenters. The van der Waals surface area contributed by atoms with E-state index in [1.54, 1.807) is 35.2 Å². The van der Waals surface area contributed by atoms with E-state index in [1.807, 2.05) is 37.3 Å². The van der Waals surface area contributed by atoms with Crippen LogP contribution in [-0.2, 0) is 14.8 Å². The molecule has 1 aliphatic heterocycles. The molecule has 0 aliphatic carbocycles. The second-order valence-electron chi connectivity index (χ2n) is 6.41. The standard InChI is InChI=1S/C20H24N2O3S/c1-2-19(17-9-5-3-6-10-17)20(23)21-13-15-22(16-14-21)26(24,25)18-11-7-4-8-12-18/h3-12,19H,2,13-16H2,1H3/t19-/m0/s1. The zero-order chi connectivity index (χ0) is 18.6. The first-order valence-electron chi connectivity index (χ1n) is 8.93. The Balaban J connectivity index is 1.67. The van der Waals surface area contributed by atoms with Gasteiger partial charge in [-0.2, -0.15) is 4.31 Å². The molecule has 0 spiro atoms. The smallest absolute Gasteiger partial charge is 0.243 e. The second-order valence-corrected chi connectivity index (χ2v) is 8.35. The maximum atomic E-state index is 12.9. The minimum absolute atomic E-state index is 0.0791. The highest BCUT2D eigenvalue weighted by Gasteiger charge is 2.32. The number of hydrogen-bond donors (Lipinski definition) is 0. The van der Waals surface area contributed by atoms with Gasteiger partial charge in [-0.05, 0) is 24.1 Å². The highest BCUT2D eigenvalue weighted by atomic mass is 32.2. The Morgan fingerprint density at radius 1 is 0.923 bits per heavy atom. The van der Waals surface area contributed by atoms with Gasteiger partial charge in [-0.25, -0.2) is 8.42 Å². The van der Waals surface area contributed by atoms with Crippen molar-refractivity contribution in [2.45, 2.75) is 24.2 Å². The molecule has 6 heteroatoms. The number of carbonyl (C=O) groups excluding carboxylic acids is 1. The Bertz CT molecular complexity index is 830. The summed E-state index contributed by atoms with van der Waals surface area (Å²) in [6.07, 6.45) is 0.728. The van der Waals surface area contributed by atoms with Crippen molar-refractivity contribution in [1.82, 2.24) is 9.21 Å². The number of benzene rings is 2. The van der Waals surface area contributed by atoms with Crippen LogP contribution in [0.25, 0.3) is 0 Å². The highest BCUT2D eigenvalue weighted by Crippen LogP contribution is 2.24. The van der Waals surface area contributed by atoms with E-state index in [0.717, 1.165) is 12.0 Å². The van der Waals surface area contributed by atoms with Crippen molar-refractivity contribution in [1.29, 1.82) is 0 Å². The fraction of sp³-hybridized carbons (Fsp3) is 0.350. The summed E-state index contributed by atoms with van der Waals surface area (Å²) in [6.45, 7) is 3.51. The largest absolute Gasteiger partial charge is 0.340 e. The van der Waals surface area contributed by atoms with Crippen molar-refractivity contribution in [3.8, 4) is 0 Å². The third-order valence-electron chi connectivity index (χ3n) is 4.84. The van der Waals surface area contributed by atoms with Gasteiger partial charge in [0.15, 0.2) is 0 Å². The molecule has 0 radical (unpaired) electrons. The van der Waals surface area contributed by atoms with Crippen LogP contribution in [0.5, 0.6) is 0 Å². The van der Waals surface area contributed by atoms with Crippen molar-refractivity contribution >= 4 is 15.9 Å². The van der Waals surface area contributed by atoms with E-state index in [2.05, 4.69) is 0 Å². The van der Waals surface area contributed by atoms with Gasteiger partial charge in [0.05, 0.1) is 10.8 Å². The predicted molar refractivity (Wildman–Crippen MR) is 101 cm³/mol. The molecule has 1 saturated heterocycles. The highest BCUT2D eigenvalue weighted by molar-refractivity contribution is 7.89. The van der Waals surface area contributed by atoms with E-state index < -0.39 is 10.0 Å². The summed E-state index contributed by atoms with van der Waals surface area (Å²) >= 11 is 0. The maximum Gasteiger partial charge on any atom is 0.243 e. The molecule has 0 N–H and O–H groups in total. The summed E-state index contributed by atoms with van der Waals surface area (Å²) in [5.41, 5.74) is 1.01. The maximum absolute atomic E-state index is 12.9. The lowest BCUT2D eigenvalue weighted by atomic mass is 9.95. The average Bonchev–Trinajstić information content (AvgIpc) is 2.70. The van der Waals surface area contributed by atoms with Gasteiger partial charge >= 0.3 is 0 Å². The van der Waals surface area contributed by atoms with Gasteiger partial charge in [0.2, 0.25) is 15.9 Å². The first-order chi connectivity index (χ1) is 12.5. The summed E-state index contributed by atoms with van der Waals surface area (Å²) < 4.78 is 26.9. The van der Waals surface area contributed by atoms with Gasteiger partial charge in [-0.15, -0.1) is 0 Å². The molecule has 3 rings (SSSR count). The van der Waals surface area contributed by atoms with Crippen molar-refractivity contribution < 1.29 is 13.2 Å². The number of amides is 1. The van der Waals surface area contributed by atoms with Crippen LogP contribution in [0.3, 0.4) is 0 Å². The molecule has 1 fully saturated rings. The van der Waals surface area contributed by atoms with Crippen molar-refractivity contribution in [2.24, 2.45) is 0 Å². The van der Waals surface area contributed by atoms with Gasteiger partial charge < -0.3 is 4.90 Å². The lowest BCUT2D eigenvalue weighted by molar-refractivity contribution is -0.134. The van der Waals surface area contributed by atoms with Crippen LogP contribution >= 0.6 is 0 Å². The minimum Gasteiger partial charge on any atom is -0.340 e. The van der Waals surface area contributed by atoms with E-state index in [-0.39, 0.29) is 11.8 Å². The van der Waals surface area contributed by atoms with E-state index in [0.29, 0.717) is 31.1 Å². The van der Waals surface area contributed by atoms with Crippen molar-refractivity contribution in [3.05, 3.63) is 66.2 Å². The Hall–Kier alpha value is -2.18. The number of rotatable bonds is 5. The predicted octanol–water partition coefficient (Wildman–Crippen LogP) is 2.71. The van der Waals surface area contributed by atoms with Crippen LogP contribution in [-0.4, -0.2) is 49.7 Å². The molecule has 2 aromatic rings. The summed E-state index contributed by atoms with van der Waals surface area (Å²) in [6, 6.07) is 18.2. The first-order valence-corrected chi connectivity index (χ1v) is 10.4. The molecule has 1 amide bonds. The van der Waals surface area contributed by atoms with Gasteiger partial charge in [0.1, 0.15) is 0 Å². The Labute approximate surface area is 155 Å². The van der Waals surface area contributed by atoms with Crippen LogP contribution in [0.2, 0.25) is 0 Å². The summed E-state index contributed by atoms with van der Waals surface area (Å²) in [4.78, 5) is 15.0. The lowest BCUT2D eigenvalue weighted by Crippen LogP contribution is -2.51. The molecule has 1 aliphatic rings. The molecule has 1 heterocycles. The molecular weight excluding hydrogens is 348 g/mol. The molecule has 1 atom stereocenters. The zero-order valence-electron chi connectivity index (χ0n) is 14.9. The van der Waals surface area contributed by atoms with Crippen molar-refractivity contribution in [3.63, 3.8) is 0 Å². The van der Waals surface area contributed by atoms with E-state index in [4.69, 9.17) is 0 Å². The molecule has 0 saturated carbocycles. The van der Waals surface area contributed by atoms with Crippen LogP contribution < -0.4 is 0 Å². The molecule has 26 heavy (non-hydrogen) atoms. The fourth-order valence-corrected chi connectivity index (χ4v) is 4.79. The summed E-state index contributed by atoms with van der Waals surface area (Å²) in [5, 5.41) is 0. The molecule has 138 valence electrons. The zero-order valence-corrected chi connectivity index (χ0v) is 15.7. The van der Waals surface area contributed by atoms with Crippen LogP contribution in [0.1, 0.15) is 24.8 Å². The number of hydrogen-bond acceptors (Lipinski definition) is 3. The molecule has 0 bridgehead atoms. The molecular formula is C20H24N2O3S. The number of sulfonamides is 1. The van der Waals surface area contributed by atoms with E-state index >= 15 is 0 Å². The van der Waals surface area contributed by atoms with E-state index in [1.165, 1.54) is 4.31 Å². The van der Waals surface area contributed by atoms with Gasteiger partial charge in [-0.1, -0.05) is 55.5 Å². The quantitative estimate of drug-likeness (QED) is 0.811. The fourth-order valence-electron chi connectivity index (χ4n) is 3.35. The second kappa shape index (κ2) is 8.01. The topological polar surface area (TPSA) is 57.7 Å². The Morgan fingerprint density at radius 2 is 1.46 bits per heavy atom. The molecule has 0 aromatic heterocycles. The summed E-state index contributed by atoms with van der Waals surface area (Å²) in [7, 11) is -3.49. The first kappa shape index (κ1) is 18.6. The molecule has 5 nitrogen and oxygen atoms in total. The van der Waals surface area contributed by atoms with Crippen LogP contribution in [0.4, 0.5) is 0 Å². The monoisotopic (exact) mass is 372 g/mol. The lowest BCUT2D eigenvalue weighted by Gasteiger charge is -2.35. The average molecular weight is 372 g/mol. The van der Waals surface area contributed by atoms with Crippen LogP contribution in [0, 0.1) is 0 Å². The third-order valence-corrected chi connectivity index (χ3v) is 6.75. The number of piperazine rings is 1. The number of nitrogens with zero attached hydrogens (tertiary/aromatic N) is 2. The SMILES string of the molecule is CC[C@H](C(=O)N1CCN(S(=O)(=O)c2ccccc2)CC1)c1ccccc1. The normalized spacial score (nSPS) is 17.0. The van der Waals surface area contributed by atoms with Gasteiger partial charge in [-0.3, -0.25) is 4.79 Å². The minimum atomic E-state index is -3.49. The van der Waals surface area contributed by atoms with Crippen molar-refractivity contribution in [2.75, 3.05) is 26.2 Å². The number of carbonyl (C=O) groups is 1. The van der Waals surface area contributed by atoms with E-state index in [9.17, 15) is 13.2 Å².